The number of hydrogen-bond donors (Lipinski definition) is 4. The molecule has 2 aromatic carbocycles. The molecule has 0 saturated carbocycles. The van der Waals surface area contributed by atoms with E-state index in [0.717, 1.165) is 11.3 Å². The summed E-state index contributed by atoms with van der Waals surface area (Å²) in [6.45, 7) is 2.03. The van der Waals surface area contributed by atoms with E-state index in [1.807, 2.05) is 55.5 Å². The lowest BCUT2D eigenvalue weighted by atomic mass is 10.1. The van der Waals surface area contributed by atoms with Crippen LogP contribution >= 0.6 is 0 Å². The Labute approximate surface area is 129 Å². The van der Waals surface area contributed by atoms with Gasteiger partial charge < -0.3 is 17.2 Å². The van der Waals surface area contributed by atoms with Crippen LogP contribution in [0.1, 0.15) is 11.1 Å². The summed E-state index contributed by atoms with van der Waals surface area (Å²) in [4.78, 5) is 0. The highest BCUT2D eigenvalue weighted by atomic mass is 15.8. The van der Waals surface area contributed by atoms with Gasteiger partial charge in [0.05, 0.1) is 11.4 Å². The van der Waals surface area contributed by atoms with Gasteiger partial charge in [0, 0.05) is 11.3 Å². The minimum absolute atomic E-state index is 0.514. The van der Waals surface area contributed by atoms with E-state index in [2.05, 4.69) is 0 Å². The molecule has 3 rings (SSSR count). The monoisotopic (exact) mass is 296 g/mol. The molecular weight excluding hydrogens is 276 g/mol. The summed E-state index contributed by atoms with van der Waals surface area (Å²) in [7, 11) is 0. The molecule has 0 spiro atoms. The van der Waals surface area contributed by atoms with Crippen molar-refractivity contribution in [3.8, 4) is 0 Å². The van der Waals surface area contributed by atoms with Crippen molar-refractivity contribution in [3.05, 3.63) is 65.4 Å². The zero-order valence-electron chi connectivity index (χ0n) is 12.4. The number of nitrogens with two attached hydrogens (primary N) is 4. The molecule has 1 heterocycles. The van der Waals surface area contributed by atoms with Gasteiger partial charge in [0.15, 0.2) is 0 Å². The number of hydrazine groups is 2. The summed E-state index contributed by atoms with van der Waals surface area (Å²) in [5.74, 6) is 6.25. The average molecular weight is 296 g/mol. The van der Waals surface area contributed by atoms with Crippen molar-refractivity contribution in [2.24, 2.45) is 17.3 Å². The predicted octanol–water partition coefficient (Wildman–Crippen LogP) is 1.10. The van der Waals surface area contributed by atoms with Crippen molar-refractivity contribution < 1.29 is 0 Å². The third kappa shape index (κ3) is 2.24. The van der Waals surface area contributed by atoms with Gasteiger partial charge in [-0.1, -0.05) is 29.8 Å². The minimum Gasteiger partial charge on any atom is -0.399 e. The van der Waals surface area contributed by atoms with Crippen LogP contribution in [0.4, 0.5) is 11.4 Å². The molecule has 1 aliphatic heterocycles. The Hall–Kier alpha value is -2.70. The number of anilines is 2. The topological polar surface area (TPSA) is 111 Å². The van der Waals surface area contributed by atoms with E-state index in [1.165, 1.54) is 10.7 Å². The van der Waals surface area contributed by atoms with Crippen molar-refractivity contribution >= 4 is 17.1 Å². The molecule has 1 unspecified atom stereocenters. The van der Waals surface area contributed by atoms with Crippen LogP contribution < -0.4 is 28.1 Å². The molecule has 0 amide bonds. The molecule has 1 aliphatic rings. The largest absolute Gasteiger partial charge is 0.399 e. The molecule has 2 aromatic rings. The first-order valence-electron chi connectivity index (χ1n) is 7.01. The molecule has 6 nitrogen and oxygen atoms in total. The first-order valence-corrected chi connectivity index (χ1v) is 7.01. The summed E-state index contributed by atoms with van der Waals surface area (Å²) in [5, 5.41) is 3.26. The lowest BCUT2D eigenvalue weighted by molar-refractivity contribution is 0.380. The lowest BCUT2D eigenvalue weighted by Crippen LogP contribution is -2.50. The molecule has 8 N–H and O–H groups in total. The van der Waals surface area contributed by atoms with E-state index < -0.39 is 6.17 Å². The average Bonchev–Trinajstić information content (AvgIpc) is 2.72. The summed E-state index contributed by atoms with van der Waals surface area (Å²) in [6, 6.07) is 15.3. The van der Waals surface area contributed by atoms with Gasteiger partial charge in [-0.2, -0.15) is 0 Å². The van der Waals surface area contributed by atoms with Crippen molar-refractivity contribution in [3.63, 3.8) is 0 Å². The highest BCUT2D eigenvalue weighted by Crippen LogP contribution is 2.33. The lowest BCUT2D eigenvalue weighted by Gasteiger charge is -2.32. The Kier molecular flexibility index (Phi) is 3.40. The second-order valence-corrected chi connectivity index (χ2v) is 5.40. The quantitative estimate of drug-likeness (QED) is 0.488. The molecule has 0 aromatic heterocycles. The van der Waals surface area contributed by atoms with Crippen LogP contribution in [0.25, 0.3) is 5.70 Å². The molecule has 0 bridgehead atoms. The molecule has 6 heteroatoms. The Morgan fingerprint density at radius 1 is 0.909 bits per heavy atom. The Bertz CT molecular complexity index is 704. The first-order chi connectivity index (χ1) is 10.5. The van der Waals surface area contributed by atoms with Gasteiger partial charge in [-0.05, 0) is 31.2 Å². The van der Waals surface area contributed by atoms with Gasteiger partial charge in [0.2, 0.25) is 0 Å². The fourth-order valence-electron chi connectivity index (χ4n) is 2.57. The number of nitrogen functional groups attached to an aromatic ring is 1. The summed E-state index contributed by atoms with van der Waals surface area (Å²) >= 11 is 0. The van der Waals surface area contributed by atoms with E-state index in [4.69, 9.17) is 23.0 Å². The second kappa shape index (κ2) is 5.25. The van der Waals surface area contributed by atoms with Crippen LogP contribution in [-0.4, -0.2) is 11.3 Å². The third-order valence-electron chi connectivity index (χ3n) is 3.80. The van der Waals surface area contributed by atoms with E-state index in [-0.39, 0.29) is 0 Å². The molecule has 1 atom stereocenters. The van der Waals surface area contributed by atoms with Gasteiger partial charge in [-0.15, -0.1) is 0 Å². The molecule has 22 heavy (non-hydrogen) atoms. The SMILES string of the molecule is Cc1ccc(N2C(N)C(N)=C(c3ccc(N)cc3)N2N)cc1. The van der Waals surface area contributed by atoms with Crippen LogP contribution in [0.3, 0.4) is 0 Å². The summed E-state index contributed by atoms with van der Waals surface area (Å²) in [6.07, 6.45) is -0.514. The normalized spacial score (nSPS) is 18.2. The maximum atomic E-state index is 6.25. The molecular formula is C16H20N6. The van der Waals surface area contributed by atoms with Crippen molar-refractivity contribution in [2.75, 3.05) is 10.7 Å². The highest BCUT2D eigenvalue weighted by Gasteiger charge is 2.34. The van der Waals surface area contributed by atoms with Crippen LogP contribution in [0, 0.1) is 6.92 Å². The number of hydrogen-bond acceptors (Lipinski definition) is 6. The molecule has 0 radical (unpaired) electrons. The van der Waals surface area contributed by atoms with Gasteiger partial charge in [0.25, 0.3) is 0 Å². The van der Waals surface area contributed by atoms with E-state index in [9.17, 15) is 0 Å². The number of nitrogens with zero attached hydrogens (tertiary/aromatic N) is 2. The highest BCUT2D eigenvalue weighted by molar-refractivity contribution is 5.74. The number of aryl methyl sites for hydroxylation is 1. The van der Waals surface area contributed by atoms with Crippen LogP contribution in [0.2, 0.25) is 0 Å². The standard InChI is InChI=1S/C16H20N6/c1-10-2-8-13(9-3-10)21-16(19)14(18)15(22(21)20)11-4-6-12(17)7-5-11/h2-9,16H,17-20H2,1H3. The second-order valence-electron chi connectivity index (χ2n) is 5.40. The van der Waals surface area contributed by atoms with Gasteiger partial charge in [-0.3, -0.25) is 0 Å². The smallest absolute Gasteiger partial charge is 0.141 e. The first kappa shape index (κ1) is 14.2. The van der Waals surface area contributed by atoms with Gasteiger partial charge in [-0.25, -0.2) is 16.0 Å². The minimum atomic E-state index is -0.514. The van der Waals surface area contributed by atoms with Gasteiger partial charge >= 0.3 is 0 Å². The predicted molar refractivity (Wildman–Crippen MR) is 89.6 cm³/mol. The molecule has 0 fully saturated rings. The third-order valence-corrected chi connectivity index (χ3v) is 3.80. The maximum absolute atomic E-state index is 6.25. The summed E-state index contributed by atoms with van der Waals surface area (Å²) in [5.41, 5.74) is 23.0. The van der Waals surface area contributed by atoms with Crippen LogP contribution in [0.5, 0.6) is 0 Å². The molecule has 0 saturated heterocycles. The summed E-state index contributed by atoms with van der Waals surface area (Å²) < 4.78 is 0. The zero-order valence-corrected chi connectivity index (χ0v) is 12.4. The Morgan fingerprint density at radius 2 is 1.50 bits per heavy atom. The fourth-order valence-corrected chi connectivity index (χ4v) is 2.57. The molecule has 0 aliphatic carbocycles. The van der Waals surface area contributed by atoms with Gasteiger partial charge in [0.1, 0.15) is 11.9 Å². The van der Waals surface area contributed by atoms with Crippen molar-refractivity contribution in [1.29, 1.82) is 0 Å². The van der Waals surface area contributed by atoms with E-state index in [1.54, 1.807) is 5.01 Å². The Morgan fingerprint density at radius 3 is 2.09 bits per heavy atom. The van der Waals surface area contributed by atoms with Crippen LogP contribution in [-0.2, 0) is 0 Å². The Balaban J connectivity index is 1.99. The zero-order chi connectivity index (χ0) is 15.9. The molecule has 114 valence electrons. The number of benzene rings is 2. The maximum Gasteiger partial charge on any atom is 0.141 e. The fraction of sp³-hybridized carbons (Fsp3) is 0.125. The van der Waals surface area contributed by atoms with Crippen LogP contribution in [0.15, 0.2) is 54.2 Å². The van der Waals surface area contributed by atoms with Crippen molar-refractivity contribution in [2.45, 2.75) is 13.1 Å². The van der Waals surface area contributed by atoms with Crippen molar-refractivity contribution in [1.82, 2.24) is 5.12 Å². The number of rotatable bonds is 2. The van der Waals surface area contributed by atoms with E-state index in [0.29, 0.717) is 17.1 Å². The van der Waals surface area contributed by atoms with E-state index >= 15 is 0 Å².